The number of anilines is 1. The SMILES string of the molecule is Fc1c(I)nc2n1CCOc1cc(Br)ccc1-2.O=C1OC[C@@H](C(F)F)N1c1nc2n(c1F)CCOc1cc(Br)ccc1-2. The van der Waals surface area contributed by atoms with Gasteiger partial charge in [-0.25, -0.2) is 28.4 Å². The molecular formula is C26H18Br2F4IN5O4. The number of nitrogens with zero attached hydrogens (tertiary/aromatic N) is 5. The van der Waals surface area contributed by atoms with Gasteiger partial charge in [0.15, 0.2) is 9.52 Å². The Morgan fingerprint density at radius 1 is 0.857 bits per heavy atom. The second-order valence-corrected chi connectivity index (χ2v) is 12.0. The lowest BCUT2D eigenvalue weighted by atomic mass is 10.2. The van der Waals surface area contributed by atoms with E-state index in [1.165, 1.54) is 4.57 Å². The number of carbonyl (C=O) groups excluding carboxylic acids is 1. The highest BCUT2D eigenvalue weighted by atomic mass is 127. The van der Waals surface area contributed by atoms with Gasteiger partial charge in [0.25, 0.3) is 6.43 Å². The first-order valence-corrected chi connectivity index (χ1v) is 15.1. The Hall–Kier alpha value is -2.86. The molecule has 0 N–H and O–H groups in total. The van der Waals surface area contributed by atoms with Gasteiger partial charge in [-0.15, -0.1) is 0 Å². The number of halogens is 7. The van der Waals surface area contributed by atoms with Crippen LogP contribution in [0.2, 0.25) is 0 Å². The van der Waals surface area contributed by atoms with Crippen LogP contribution in [0.15, 0.2) is 45.3 Å². The Kier molecular flexibility index (Phi) is 8.12. The Morgan fingerprint density at radius 2 is 1.40 bits per heavy atom. The van der Waals surface area contributed by atoms with Gasteiger partial charge >= 0.3 is 6.09 Å². The first-order chi connectivity index (χ1) is 20.1. The van der Waals surface area contributed by atoms with Crippen LogP contribution in [0.5, 0.6) is 11.5 Å². The Morgan fingerprint density at radius 3 is 1.98 bits per heavy atom. The highest BCUT2D eigenvalue weighted by Crippen LogP contribution is 2.39. The van der Waals surface area contributed by atoms with Crippen molar-refractivity contribution in [2.45, 2.75) is 25.6 Å². The van der Waals surface area contributed by atoms with Crippen molar-refractivity contribution >= 4 is 66.4 Å². The van der Waals surface area contributed by atoms with Crippen LogP contribution in [0.3, 0.4) is 0 Å². The second-order valence-electron chi connectivity index (χ2n) is 9.20. The molecule has 2 aromatic heterocycles. The van der Waals surface area contributed by atoms with E-state index in [9.17, 15) is 22.4 Å². The molecule has 0 bridgehead atoms. The van der Waals surface area contributed by atoms with E-state index in [0.717, 1.165) is 20.3 Å². The topological polar surface area (TPSA) is 83.6 Å². The van der Waals surface area contributed by atoms with Gasteiger partial charge in [-0.05, 0) is 59.0 Å². The third-order valence-electron chi connectivity index (χ3n) is 6.69. The number of amides is 1. The standard InChI is InChI=1S/C15H11BrF3N3O3.C11H7BrFIN2O/c16-7-1-2-8-10(5-7)24-4-3-21-12(19)14(20-13(8)21)22-9(11(17)18)6-25-15(22)23;12-6-1-2-7-8(5-6)17-4-3-16-9(13)10(14)15-11(7)16/h1-2,5,9,11H,3-4,6H2;1-2,5H,3-4H2/t9-;/m0./s1. The van der Waals surface area contributed by atoms with Crippen molar-refractivity contribution in [2.24, 2.45) is 0 Å². The van der Waals surface area contributed by atoms with Crippen LogP contribution < -0.4 is 14.4 Å². The Balaban J connectivity index is 0.000000162. The van der Waals surface area contributed by atoms with Gasteiger partial charge in [0.05, 0.1) is 24.2 Å². The summed E-state index contributed by atoms with van der Waals surface area (Å²) >= 11 is 8.63. The molecule has 7 rings (SSSR count). The van der Waals surface area contributed by atoms with E-state index in [1.807, 2.05) is 40.8 Å². The molecule has 4 aromatic rings. The van der Waals surface area contributed by atoms with E-state index in [0.29, 0.717) is 38.9 Å². The Bertz CT molecular complexity index is 1700. The zero-order valence-corrected chi connectivity index (χ0v) is 26.5. The summed E-state index contributed by atoms with van der Waals surface area (Å²) in [6, 6.07) is 9.22. The fourth-order valence-corrected chi connectivity index (χ4v) is 5.96. The van der Waals surface area contributed by atoms with Crippen molar-refractivity contribution in [2.75, 3.05) is 24.7 Å². The minimum Gasteiger partial charge on any atom is -0.491 e. The maximum Gasteiger partial charge on any atom is 0.416 e. The van der Waals surface area contributed by atoms with Gasteiger partial charge in [-0.2, -0.15) is 8.78 Å². The largest absolute Gasteiger partial charge is 0.491 e. The van der Waals surface area contributed by atoms with E-state index in [4.69, 9.17) is 9.47 Å². The van der Waals surface area contributed by atoms with E-state index < -0.39 is 36.9 Å². The number of hydrogen-bond donors (Lipinski definition) is 0. The summed E-state index contributed by atoms with van der Waals surface area (Å²) in [6.45, 7) is 0.711. The number of ether oxygens (including phenoxy) is 3. The first-order valence-electron chi connectivity index (χ1n) is 12.4. The van der Waals surface area contributed by atoms with Crippen LogP contribution in [0, 0.1) is 15.6 Å². The molecule has 1 atom stereocenters. The minimum atomic E-state index is -2.88. The molecule has 9 nitrogen and oxygen atoms in total. The van der Waals surface area contributed by atoms with E-state index >= 15 is 0 Å². The molecule has 0 radical (unpaired) electrons. The van der Waals surface area contributed by atoms with Gasteiger partial charge < -0.3 is 14.2 Å². The van der Waals surface area contributed by atoms with Crippen LogP contribution >= 0.6 is 54.5 Å². The molecule has 2 aromatic carbocycles. The maximum absolute atomic E-state index is 14.9. The van der Waals surface area contributed by atoms with Gasteiger partial charge in [0.2, 0.25) is 11.9 Å². The molecule has 0 saturated carbocycles. The van der Waals surface area contributed by atoms with Crippen molar-refractivity contribution in [1.29, 1.82) is 0 Å². The van der Waals surface area contributed by atoms with Gasteiger partial charge in [-0.3, -0.25) is 9.13 Å². The van der Waals surface area contributed by atoms with Crippen LogP contribution in [-0.2, 0) is 17.8 Å². The monoisotopic (exact) mass is 825 g/mol. The molecule has 1 fully saturated rings. The molecule has 5 heterocycles. The molecule has 220 valence electrons. The lowest BCUT2D eigenvalue weighted by Crippen LogP contribution is -2.39. The van der Waals surface area contributed by atoms with Crippen molar-refractivity contribution < 1.29 is 36.6 Å². The summed E-state index contributed by atoms with van der Waals surface area (Å²) in [5, 5.41) is 0. The number of alkyl halides is 2. The number of benzene rings is 2. The smallest absolute Gasteiger partial charge is 0.416 e. The fourth-order valence-electron chi connectivity index (χ4n) is 4.76. The van der Waals surface area contributed by atoms with Gasteiger partial charge in [0.1, 0.15) is 49.0 Å². The normalized spacial score (nSPS) is 17.0. The van der Waals surface area contributed by atoms with E-state index in [-0.39, 0.29) is 24.9 Å². The average Bonchev–Trinajstić information content (AvgIpc) is 3.47. The van der Waals surface area contributed by atoms with Crippen LogP contribution in [0.4, 0.5) is 28.2 Å². The predicted molar refractivity (Wildman–Crippen MR) is 158 cm³/mol. The summed E-state index contributed by atoms with van der Waals surface area (Å²) in [4.78, 5) is 20.8. The number of rotatable bonds is 2. The Labute approximate surface area is 266 Å². The molecule has 0 aliphatic carbocycles. The average molecular weight is 827 g/mol. The van der Waals surface area contributed by atoms with Crippen LogP contribution in [-0.4, -0.2) is 57.5 Å². The maximum atomic E-state index is 14.9. The molecule has 42 heavy (non-hydrogen) atoms. The molecule has 3 aliphatic rings. The molecule has 1 amide bonds. The van der Waals surface area contributed by atoms with Crippen molar-refractivity contribution in [1.82, 2.24) is 19.1 Å². The van der Waals surface area contributed by atoms with Gasteiger partial charge in [0, 0.05) is 8.95 Å². The molecule has 0 unspecified atom stereocenters. The minimum absolute atomic E-state index is 0.128. The number of hydrogen-bond acceptors (Lipinski definition) is 6. The molecule has 3 aliphatic heterocycles. The lowest BCUT2D eigenvalue weighted by Gasteiger charge is -2.18. The van der Waals surface area contributed by atoms with Crippen LogP contribution in [0.1, 0.15) is 0 Å². The number of fused-ring (bicyclic) bond motifs is 6. The molecular weight excluding hydrogens is 809 g/mol. The number of carbonyl (C=O) groups is 1. The predicted octanol–water partition coefficient (Wildman–Crippen LogP) is 6.88. The van der Waals surface area contributed by atoms with Crippen molar-refractivity contribution in [3.63, 3.8) is 0 Å². The second kappa shape index (κ2) is 11.7. The molecule has 16 heteroatoms. The third kappa shape index (κ3) is 5.25. The number of cyclic esters (lactones) is 1. The summed E-state index contributed by atoms with van der Waals surface area (Å²) in [7, 11) is 0. The zero-order valence-electron chi connectivity index (χ0n) is 21.2. The third-order valence-corrected chi connectivity index (χ3v) is 8.37. The fraction of sp³-hybridized carbons (Fsp3) is 0.269. The van der Waals surface area contributed by atoms with Crippen LogP contribution in [0.25, 0.3) is 22.8 Å². The highest BCUT2D eigenvalue weighted by Gasteiger charge is 2.44. The first kappa shape index (κ1) is 29.2. The zero-order chi connectivity index (χ0) is 29.7. The number of aromatic nitrogens is 4. The number of imidazole rings is 2. The van der Waals surface area contributed by atoms with Crippen molar-refractivity contribution in [3.05, 3.63) is 60.9 Å². The highest BCUT2D eigenvalue weighted by molar-refractivity contribution is 14.1. The van der Waals surface area contributed by atoms with E-state index in [1.54, 1.807) is 22.8 Å². The summed E-state index contributed by atoms with van der Waals surface area (Å²) < 4.78 is 75.7. The van der Waals surface area contributed by atoms with E-state index in [2.05, 4.69) is 46.6 Å². The van der Waals surface area contributed by atoms with Gasteiger partial charge in [-0.1, -0.05) is 31.9 Å². The summed E-state index contributed by atoms with van der Waals surface area (Å²) in [6.07, 6.45) is -3.91. The quantitative estimate of drug-likeness (QED) is 0.162. The molecule has 0 spiro atoms. The molecule has 1 saturated heterocycles. The van der Waals surface area contributed by atoms with Crippen molar-refractivity contribution in [3.8, 4) is 34.3 Å². The summed E-state index contributed by atoms with van der Waals surface area (Å²) in [5.74, 6) is 0.433. The summed E-state index contributed by atoms with van der Waals surface area (Å²) in [5.41, 5.74) is 1.33. The lowest BCUT2D eigenvalue weighted by molar-refractivity contribution is 0.104.